The first kappa shape index (κ1) is 12.9. The van der Waals surface area contributed by atoms with Gasteiger partial charge in [-0.3, -0.25) is 4.79 Å². The molecule has 1 amide bonds. The van der Waals surface area contributed by atoms with Crippen LogP contribution < -0.4 is 11.1 Å². The lowest BCUT2D eigenvalue weighted by molar-refractivity contribution is -0.123. The Morgan fingerprint density at radius 2 is 2.19 bits per heavy atom. The van der Waals surface area contributed by atoms with Crippen LogP contribution >= 0.6 is 11.6 Å². The molecule has 0 radical (unpaired) electrons. The van der Waals surface area contributed by atoms with Gasteiger partial charge in [0.1, 0.15) is 0 Å². The summed E-state index contributed by atoms with van der Waals surface area (Å²) in [4.78, 5) is 11.5. The summed E-state index contributed by atoms with van der Waals surface area (Å²) in [5.74, 6) is -0.0805. The van der Waals surface area contributed by atoms with Gasteiger partial charge in [0, 0.05) is 0 Å². The zero-order valence-corrected chi connectivity index (χ0v) is 10.0. The van der Waals surface area contributed by atoms with Crippen molar-refractivity contribution in [1.82, 2.24) is 15.5 Å². The lowest BCUT2D eigenvalue weighted by atomic mass is 10.1. The van der Waals surface area contributed by atoms with Gasteiger partial charge in [-0.15, -0.1) is 5.10 Å². The van der Waals surface area contributed by atoms with E-state index in [1.165, 1.54) is 0 Å². The highest BCUT2D eigenvalue weighted by Gasteiger charge is 2.16. The highest BCUT2D eigenvalue weighted by Crippen LogP contribution is 2.02. The van der Waals surface area contributed by atoms with Crippen molar-refractivity contribution in [3.05, 3.63) is 23.0 Å². The second-order valence-electron chi connectivity index (χ2n) is 3.83. The Balaban J connectivity index is 2.46. The molecule has 0 aliphatic rings. The second kappa shape index (κ2) is 5.77. The van der Waals surface area contributed by atoms with Gasteiger partial charge in [-0.2, -0.15) is 5.10 Å². The summed E-state index contributed by atoms with van der Waals surface area (Å²) in [6.45, 7) is 4.10. The number of carbonyl (C=O) groups excluding carboxylic acids is 1. The molecular formula is C10H15ClN4O. The smallest absolute Gasteiger partial charge is 0.237 e. The van der Waals surface area contributed by atoms with Gasteiger partial charge < -0.3 is 11.1 Å². The Morgan fingerprint density at radius 3 is 2.69 bits per heavy atom. The fourth-order valence-corrected chi connectivity index (χ4v) is 1.14. The molecule has 6 heteroatoms. The summed E-state index contributed by atoms with van der Waals surface area (Å²) in [6, 6.07) is 2.83. The van der Waals surface area contributed by atoms with E-state index in [1.54, 1.807) is 12.1 Å². The third-order valence-electron chi connectivity index (χ3n) is 2.15. The van der Waals surface area contributed by atoms with E-state index in [2.05, 4.69) is 15.5 Å². The van der Waals surface area contributed by atoms with Crippen LogP contribution in [0.5, 0.6) is 0 Å². The number of nitrogens with zero attached hydrogens (tertiary/aromatic N) is 2. The Morgan fingerprint density at radius 1 is 1.50 bits per heavy atom. The molecule has 1 aromatic heterocycles. The summed E-state index contributed by atoms with van der Waals surface area (Å²) < 4.78 is 0. The van der Waals surface area contributed by atoms with Gasteiger partial charge in [0.15, 0.2) is 5.15 Å². The maximum atomic E-state index is 11.5. The molecular weight excluding hydrogens is 228 g/mol. The topological polar surface area (TPSA) is 80.9 Å². The van der Waals surface area contributed by atoms with Crippen LogP contribution in [0, 0.1) is 5.92 Å². The van der Waals surface area contributed by atoms with E-state index >= 15 is 0 Å². The summed E-state index contributed by atoms with van der Waals surface area (Å²) in [7, 11) is 0. The largest absolute Gasteiger partial charge is 0.349 e. The molecule has 3 N–H and O–H groups in total. The first-order valence-electron chi connectivity index (χ1n) is 5.02. The fourth-order valence-electron chi connectivity index (χ4n) is 1.04. The van der Waals surface area contributed by atoms with Crippen molar-refractivity contribution in [1.29, 1.82) is 0 Å². The first-order chi connectivity index (χ1) is 7.50. The molecule has 0 aliphatic carbocycles. The molecule has 0 spiro atoms. The average Bonchev–Trinajstić information content (AvgIpc) is 2.26. The zero-order valence-electron chi connectivity index (χ0n) is 9.27. The minimum atomic E-state index is -0.500. The predicted octanol–water partition coefficient (Wildman–Crippen LogP) is 0.729. The SMILES string of the molecule is CC(C)[C@H](N)C(=O)NCc1ccc(Cl)nn1. The van der Waals surface area contributed by atoms with Crippen molar-refractivity contribution < 1.29 is 4.79 Å². The summed E-state index contributed by atoms with van der Waals surface area (Å²) >= 11 is 5.59. The average molecular weight is 243 g/mol. The predicted molar refractivity (Wildman–Crippen MR) is 61.7 cm³/mol. The molecule has 0 unspecified atom stereocenters. The van der Waals surface area contributed by atoms with Crippen LogP contribution in [0.15, 0.2) is 12.1 Å². The summed E-state index contributed by atoms with van der Waals surface area (Å²) in [6.07, 6.45) is 0. The lowest BCUT2D eigenvalue weighted by Gasteiger charge is -2.14. The second-order valence-corrected chi connectivity index (χ2v) is 4.22. The molecule has 0 aliphatic heterocycles. The Kier molecular flexibility index (Phi) is 4.64. The Hall–Kier alpha value is -1.20. The van der Waals surface area contributed by atoms with Crippen molar-refractivity contribution >= 4 is 17.5 Å². The lowest BCUT2D eigenvalue weighted by Crippen LogP contribution is -2.43. The highest BCUT2D eigenvalue weighted by molar-refractivity contribution is 6.29. The number of nitrogens with one attached hydrogen (secondary N) is 1. The van der Waals surface area contributed by atoms with E-state index in [0.29, 0.717) is 17.4 Å². The van der Waals surface area contributed by atoms with Crippen LogP contribution in [0.4, 0.5) is 0 Å². The van der Waals surface area contributed by atoms with E-state index in [9.17, 15) is 4.79 Å². The van der Waals surface area contributed by atoms with Crippen LogP contribution in [0.3, 0.4) is 0 Å². The standard InChI is InChI=1S/C10H15ClN4O/c1-6(2)9(12)10(16)13-5-7-3-4-8(11)15-14-7/h3-4,6,9H,5,12H2,1-2H3,(H,13,16)/t9-/m0/s1. The number of rotatable bonds is 4. The maximum absolute atomic E-state index is 11.5. The molecule has 1 atom stereocenters. The van der Waals surface area contributed by atoms with Gasteiger partial charge in [0.05, 0.1) is 18.3 Å². The quantitative estimate of drug-likeness (QED) is 0.816. The monoisotopic (exact) mass is 242 g/mol. The van der Waals surface area contributed by atoms with Gasteiger partial charge in [-0.1, -0.05) is 25.4 Å². The van der Waals surface area contributed by atoms with Crippen molar-refractivity contribution in [2.45, 2.75) is 26.4 Å². The molecule has 0 fully saturated rings. The van der Waals surface area contributed by atoms with Crippen molar-refractivity contribution in [3.63, 3.8) is 0 Å². The number of carbonyl (C=O) groups is 1. The minimum Gasteiger partial charge on any atom is -0.349 e. The van der Waals surface area contributed by atoms with Gasteiger partial charge >= 0.3 is 0 Å². The van der Waals surface area contributed by atoms with E-state index < -0.39 is 6.04 Å². The number of halogens is 1. The van der Waals surface area contributed by atoms with Crippen LogP contribution in [-0.2, 0) is 11.3 Å². The van der Waals surface area contributed by atoms with E-state index in [-0.39, 0.29) is 11.8 Å². The van der Waals surface area contributed by atoms with Crippen molar-refractivity contribution in [2.75, 3.05) is 0 Å². The first-order valence-corrected chi connectivity index (χ1v) is 5.40. The number of aromatic nitrogens is 2. The van der Waals surface area contributed by atoms with Crippen LogP contribution in [0.25, 0.3) is 0 Å². The zero-order chi connectivity index (χ0) is 12.1. The molecule has 0 aromatic carbocycles. The van der Waals surface area contributed by atoms with E-state index in [1.807, 2.05) is 13.8 Å². The van der Waals surface area contributed by atoms with Gasteiger partial charge in [-0.25, -0.2) is 0 Å². The van der Waals surface area contributed by atoms with Crippen molar-refractivity contribution in [2.24, 2.45) is 11.7 Å². The third-order valence-corrected chi connectivity index (χ3v) is 2.35. The Labute approximate surface area is 99.4 Å². The summed E-state index contributed by atoms with van der Waals surface area (Å²) in [5.41, 5.74) is 6.33. The van der Waals surface area contributed by atoms with Crippen LogP contribution in [-0.4, -0.2) is 22.1 Å². The van der Waals surface area contributed by atoms with Gasteiger partial charge in [0.25, 0.3) is 0 Å². The highest BCUT2D eigenvalue weighted by atomic mass is 35.5. The summed E-state index contributed by atoms with van der Waals surface area (Å²) in [5, 5.41) is 10.5. The molecule has 0 saturated heterocycles. The molecule has 1 aromatic rings. The Bertz CT molecular complexity index is 352. The number of hydrogen-bond donors (Lipinski definition) is 2. The number of hydrogen-bond acceptors (Lipinski definition) is 4. The van der Waals surface area contributed by atoms with Crippen molar-refractivity contribution in [3.8, 4) is 0 Å². The van der Waals surface area contributed by atoms with E-state index in [4.69, 9.17) is 17.3 Å². The maximum Gasteiger partial charge on any atom is 0.237 e. The number of amides is 1. The molecule has 1 rings (SSSR count). The molecule has 0 bridgehead atoms. The van der Waals surface area contributed by atoms with E-state index in [0.717, 1.165) is 0 Å². The minimum absolute atomic E-state index is 0.108. The molecule has 16 heavy (non-hydrogen) atoms. The molecule has 1 heterocycles. The molecule has 0 saturated carbocycles. The van der Waals surface area contributed by atoms with Crippen LogP contribution in [0.2, 0.25) is 5.15 Å². The van der Waals surface area contributed by atoms with Gasteiger partial charge in [-0.05, 0) is 18.1 Å². The normalized spacial score (nSPS) is 12.6. The number of nitrogens with two attached hydrogens (primary N) is 1. The molecule has 5 nitrogen and oxygen atoms in total. The fraction of sp³-hybridized carbons (Fsp3) is 0.500. The van der Waals surface area contributed by atoms with Gasteiger partial charge in [0.2, 0.25) is 5.91 Å². The third kappa shape index (κ3) is 3.75. The molecule has 88 valence electrons. The van der Waals surface area contributed by atoms with Crippen LogP contribution in [0.1, 0.15) is 19.5 Å².